The van der Waals surface area contributed by atoms with Crippen LogP contribution in [0.4, 0.5) is 0 Å². The van der Waals surface area contributed by atoms with E-state index in [9.17, 15) is 14.7 Å². The highest BCUT2D eigenvalue weighted by atomic mass is 16.4. The fourth-order valence-electron chi connectivity index (χ4n) is 5.03. The molecule has 5 heteroatoms. The number of hydrogen-bond acceptors (Lipinski definition) is 3. The summed E-state index contributed by atoms with van der Waals surface area (Å²) in [6.07, 6.45) is 5.26. The predicted octanol–water partition coefficient (Wildman–Crippen LogP) is 2.02. The van der Waals surface area contributed by atoms with E-state index in [0.29, 0.717) is 32.1 Å². The Labute approximate surface area is 148 Å². The van der Waals surface area contributed by atoms with Gasteiger partial charge in [0.2, 0.25) is 5.91 Å². The number of benzene rings is 1. The normalized spacial score (nSPS) is 29.9. The summed E-state index contributed by atoms with van der Waals surface area (Å²) in [4.78, 5) is 29.0. The van der Waals surface area contributed by atoms with Crippen molar-refractivity contribution in [3.63, 3.8) is 0 Å². The number of fused-ring (bicyclic) bond motifs is 1. The van der Waals surface area contributed by atoms with Crippen molar-refractivity contribution in [2.45, 2.75) is 38.1 Å². The van der Waals surface area contributed by atoms with Crippen LogP contribution in [0.25, 0.3) is 0 Å². The first-order valence-corrected chi connectivity index (χ1v) is 9.38. The quantitative estimate of drug-likeness (QED) is 0.909. The first-order chi connectivity index (χ1) is 12.1. The second kappa shape index (κ2) is 6.45. The third-order valence-corrected chi connectivity index (χ3v) is 6.45. The first kappa shape index (κ1) is 16.6. The highest BCUT2D eigenvalue weighted by Gasteiger charge is 2.59. The van der Waals surface area contributed by atoms with Gasteiger partial charge in [0.05, 0.1) is 6.42 Å². The van der Waals surface area contributed by atoms with Crippen molar-refractivity contribution in [3.8, 4) is 0 Å². The molecule has 1 amide bonds. The second-order valence-electron chi connectivity index (χ2n) is 7.96. The Bertz CT molecular complexity index is 656. The monoisotopic (exact) mass is 342 g/mol. The van der Waals surface area contributed by atoms with Crippen molar-refractivity contribution < 1.29 is 14.7 Å². The largest absolute Gasteiger partial charge is 0.481 e. The van der Waals surface area contributed by atoms with E-state index in [4.69, 9.17) is 0 Å². The van der Waals surface area contributed by atoms with Crippen LogP contribution in [0.3, 0.4) is 0 Å². The average molecular weight is 342 g/mol. The van der Waals surface area contributed by atoms with Crippen molar-refractivity contribution in [3.05, 3.63) is 35.9 Å². The van der Waals surface area contributed by atoms with E-state index < -0.39 is 11.4 Å². The minimum atomic E-state index is -0.769. The van der Waals surface area contributed by atoms with Crippen molar-refractivity contribution in [2.75, 3.05) is 26.2 Å². The topological polar surface area (TPSA) is 60.9 Å². The molecule has 5 nitrogen and oxygen atoms in total. The van der Waals surface area contributed by atoms with Gasteiger partial charge in [-0.05, 0) is 18.4 Å². The van der Waals surface area contributed by atoms with Gasteiger partial charge in [0.1, 0.15) is 5.41 Å². The molecule has 3 fully saturated rings. The maximum absolute atomic E-state index is 12.7. The van der Waals surface area contributed by atoms with Crippen molar-refractivity contribution in [2.24, 2.45) is 11.3 Å². The molecule has 134 valence electrons. The molecule has 0 aromatic heterocycles. The number of aliphatic carboxylic acids is 1. The van der Waals surface area contributed by atoms with Gasteiger partial charge in [0.25, 0.3) is 0 Å². The van der Waals surface area contributed by atoms with Crippen LogP contribution in [-0.4, -0.2) is 59.0 Å². The van der Waals surface area contributed by atoms with Crippen LogP contribution in [-0.2, 0) is 16.0 Å². The lowest BCUT2D eigenvalue weighted by Gasteiger charge is -2.28. The number of carboxylic acids is 1. The van der Waals surface area contributed by atoms with Crippen LogP contribution in [0, 0.1) is 11.3 Å². The van der Waals surface area contributed by atoms with Crippen molar-refractivity contribution in [1.29, 1.82) is 0 Å². The van der Waals surface area contributed by atoms with Crippen LogP contribution < -0.4 is 0 Å². The molecule has 1 saturated carbocycles. The van der Waals surface area contributed by atoms with E-state index in [2.05, 4.69) is 4.90 Å². The number of likely N-dealkylation sites (tertiary alicyclic amines) is 2. The number of nitrogens with zero attached hydrogens (tertiary/aromatic N) is 2. The van der Waals surface area contributed by atoms with E-state index in [1.165, 1.54) is 25.7 Å². The summed E-state index contributed by atoms with van der Waals surface area (Å²) in [7, 11) is 0. The molecule has 1 aromatic carbocycles. The highest BCUT2D eigenvalue weighted by Crippen LogP contribution is 2.45. The zero-order valence-corrected chi connectivity index (χ0v) is 14.6. The Morgan fingerprint density at radius 1 is 1.08 bits per heavy atom. The van der Waals surface area contributed by atoms with E-state index in [0.717, 1.165) is 12.1 Å². The average Bonchev–Trinajstić information content (AvgIpc) is 3.29. The van der Waals surface area contributed by atoms with Gasteiger partial charge in [-0.1, -0.05) is 43.2 Å². The van der Waals surface area contributed by atoms with Gasteiger partial charge in [-0.25, -0.2) is 0 Å². The highest BCUT2D eigenvalue weighted by molar-refractivity contribution is 5.83. The number of amides is 1. The van der Waals surface area contributed by atoms with E-state index >= 15 is 0 Å². The SMILES string of the molecule is O=C(Cc1ccccc1)N1C[C@H]2CN(C3CCCC3)C[C@@]2(C(=O)O)C1. The summed E-state index contributed by atoms with van der Waals surface area (Å²) in [5.74, 6) is -0.619. The smallest absolute Gasteiger partial charge is 0.313 e. The van der Waals surface area contributed by atoms with Crippen molar-refractivity contribution >= 4 is 11.9 Å². The molecule has 0 unspecified atom stereocenters. The Balaban J connectivity index is 1.46. The summed E-state index contributed by atoms with van der Waals surface area (Å²) in [5, 5.41) is 9.96. The van der Waals surface area contributed by atoms with Crippen LogP contribution in [0.5, 0.6) is 0 Å². The number of hydrogen-bond donors (Lipinski definition) is 1. The second-order valence-corrected chi connectivity index (χ2v) is 7.96. The molecule has 25 heavy (non-hydrogen) atoms. The fourth-order valence-corrected chi connectivity index (χ4v) is 5.03. The summed E-state index contributed by atoms with van der Waals surface area (Å²) in [5.41, 5.74) is 0.219. The number of carboxylic acid groups (broad SMARTS) is 1. The van der Waals surface area contributed by atoms with Gasteiger partial charge in [0, 0.05) is 38.1 Å². The molecule has 0 radical (unpaired) electrons. The summed E-state index contributed by atoms with van der Waals surface area (Å²) >= 11 is 0. The minimum Gasteiger partial charge on any atom is -0.481 e. The molecule has 0 spiro atoms. The lowest BCUT2D eigenvalue weighted by Crippen LogP contribution is -2.43. The first-order valence-electron chi connectivity index (χ1n) is 9.38. The lowest BCUT2D eigenvalue weighted by molar-refractivity contribution is -0.149. The van der Waals surface area contributed by atoms with Gasteiger partial charge in [-0.2, -0.15) is 0 Å². The van der Waals surface area contributed by atoms with Gasteiger partial charge in [-0.15, -0.1) is 0 Å². The lowest BCUT2D eigenvalue weighted by atomic mass is 9.81. The molecule has 3 aliphatic rings. The third-order valence-electron chi connectivity index (χ3n) is 6.45. The van der Waals surface area contributed by atoms with E-state index in [1.807, 2.05) is 30.3 Å². The standard InChI is InChI=1S/C20H26N2O3/c23-18(10-15-6-2-1-3-7-15)22-12-16-11-21(17-8-4-5-9-17)13-20(16,14-22)19(24)25/h1-3,6-7,16-17H,4-5,8-14H2,(H,24,25)/t16-,20-/m1/s1. The van der Waals surface area contributed by atoms with E-state index in [-0.39, 0.29) is 11.8 Å². The molecule has 0 bridgehead atoms. The number of carbonyl (C=O) groups is 2. The zero-order chi connectivity index (χ0) is 17.4. The van der Waals surface area contributed by atoms with Crippen LogP contribution in [0.15, 0.2) is 30.3 Å². The minimum absolute atomic E-state index is 0.0497. The zero-order valence-electron chi connectivity index (χ0n) is 14.6. The molecule has 1 aliphatic carbocycles. The summed E-state index contributed by atoms with van der Waals surface area (Å²) < 4.78 is 0. The molecule has 1 aromatic rings. The van der Waals surface area contributed by atoms with Crippen LogP contribution >= 0.6 is 0 Å². The number of rotatable bonds is 4. The molecule has 2 aliphatic heterocycles. The van der Waals surface area contributed by atoms with Gasteiger partial charge in [0.15, 0.2) is 0 Å². The maximum atomic E-state index is 12.7. The van der Waals surface area contributed by atoms with E-state index in [1.54, 1.807) is 4.90 Å². The molecule has 4 rings (SSSR count). The Morgan fingerprint density at radius 2 is 1.80 bits per heavy atom. The fraction of sp³-hybridized carbons (Fsp3) is 0.600. The molecular formula is C20H26N2O3. The molecule has 2 atom stereocenters. The predicted molar refractivity (Wildman–Crippen MR) is 94.1 cm³/mol. The van der Waals surface area contributed by atoms with Gasteiger partial charge in [-0.3, -0.25) is 14.5 Å². The summed E-state index contributed by atoms with van der Waals surface area (Å²) in [6, 6.07) is 10.2. The molecule has 1 N–H and O–H groups in total. The Morgan fingerprint density at radius 3 is 2.44 bits per heavy atom. The van der Waals surface area contributed by atoms with Crippen molar-refractivity contribution in [1.82, 2.24) is 9.80 Å². The van der Waals surface area contributed by atoms with Gasteiger partial charge >= 0.3 is 5.97 Å². The molecule has 2 saturated heterocycles. The Kier molecular flexibility index (Phi) is 4.28. The van der Waals surface area contributed by atoms with Crippen LogP contribution in [0.1, 0.15) is 31.2 Å². The molecule has 2 heterocycles. The summed E-state index contributed by atoms with van der Waals surface area (Å²) in [6.45, 7) is 2.38. The van der Waals surface area contributed by atoms with Crippen LogP contribution in [0.2, 0.25) is 0 Å². The molecular weight excluding hydrogens is 316 g/mol. The Hall–Kier alpha value is -1.88. The van der Waals surface area contributed by atoms with Gasteiger partial charge < -0.3 is 10.0 Å². The maximum Gasteiger partial charge on any atom is 0.313 e. The number of carbonyl (C=O) groups excluding carboxylic acids is 1. The third kappa shape index (κ3) is 2.95.